The van der Waals surface area contributed by atoms with Gasteiger partial charge >= 0.3 is 0 Å². The van der Waals surface area contributed by atoms with E-state index in [1.165, 1.54) is 17.0 Å². The van der Waals surface area contributed by atoms with Crippen LogP contribution in [0.4, 0.5) is 0 Å². The maximum Gasteiger partial charge on any atom is 0.227 e. The van der Waals surface area contributed by atoms with Crippen molar-refractivity contribution >= 4 is 15.9 Å². The fourth-order valence-electron chi connectivity index (χ4n) is 2.96. The Morgan fingerprint density at radius 2 is 1.90 bits per heavy atom. The molecule has 7 heteroatoms. The zero-order valence-electron chi connectivity index (χ0n) is 13.2. The van der Waals surface area contributed by atoms with Crippen molar-refractivity contribution in [2.45, 2.75) is 45.4 Å². The van der Waals surface area contributed by atoms with E-state index in [9.17, 15) is 13.2 Å². The van der Waals surface area contributed by atoms with Crippen LogP contribution in [0.2, 0.25) is 0 Å². The van der Waals surface area contributed by atoms with Gasteiger partial charge in [0.25, 0.3) is 0 Å². The minimum Gasteiger partial charge on any atom is -0.356 e. The lowest BCUT2D eigenvalue weighted by atomic mass is 9.73. The van der Waals surface area contributed by atoms with Gasteiger partial charge in [-0.25, -0.2) is 12.7 Å². The highest BCUT2D eigenvalue weighted by Gasteiger charge is 2.37. The zero-order valence-corrected chi connectivity index (χ0v) is 14.0. The largest absolute Gasteiger partial charge is 0.356 e. The molecule has 0 aromatic heterocycles. The Kier molecular flexibility index (Phi) is 7.09. The van der Waals surface area contributed by atoms with Crippen molar-refractivity contribution in [1.29, 1.82) is 0 Å². The molecule has 3 N–H and O–H groups in total. The first-order valence-electron chi connectivity index (χ1n) is 7.79. The van der Waals surface area contributed by atoms with E-state index in [1.807, 2.05) is 6.92 Å². The number of nitrogens with two attached hydrogens (primary N) is 1. The molecule has 6 nitrogen and oxygen atoms in total. The van der Waals surface area contributed by atoms with Gasteiger partial charge in [-0.3, -0.25) is 4.79 Å². The molecular weight excluding hydrogens is 290 g/mol. The van der Waals surface area contributed by atoms with Crippen molar-refractivity contribution < 1.29 is 13.2 Å². The molecule has 0 aromatic carbocycles. The molecular formula is C14H29N3O3S. The Hall–Kier alpha value is -0.660. The summed E-state index contributed by atoms with van der Waals surface area (Å²) in [5.41, 5.74) is 5.42. The van der Waals surface area contributed by atoms with Crippen LogP contribution in [0.5, 0.6) is 0 Å². The second-order valence-corrected chi connectivity index (χ2v) is 7.89. The molecule has 0 radical (unpaired) electrons. The summed E-state index contributed by atoms with van der Waals surface area (Å²) >= 11 is 0. The first-order chi connectivity index (χ1) is 9.85. The van der Waals surface area contributed by atoms with E-state index in [4.69, 9.17) is 5.73 Å². The van der Waals surface area contributed by atoms with Gasteiger partial charge in [0.1, 0.15) is 0 Å². The molecule has 1 fully saturated rings. The van der Waals surface area contributed by atoms with Crippen LogP contribution in [-0.2, 0) is 14.8 Å². The molecule has 0 bridgehead atoms. The van der Waals surface area contributed by atoms with Crippen LogP contribution < -0.4 is 11.1 Å². The molecule has 0 atom stereocenters. The average molecular weight is 319 g/mol. The minimum absolute atomic E-state index is 0.0344. The number of amides is 1. The second-order valence-electron chi connectivity index (χ2n) is 5.91. The number of carbonyl (C=O) groups excluding carboxylic acids is 1. The summed E-state index contributed by atoms with van der Waals surface area (Å²) < 4.78 is 24.3. The summed E-state index contributed by atoms with van der Waals surface area (Å²) in [4.78, 5) is 12.3. The third-order valence-electron chi connectivity index (χ3n) is 4.37. The minimum atomic E-state index is -3.15. The highest BCUT2D eigenvalue weighted by molar-refractivity contribution is 7.88. The highest BCUT2D eigenvalue weighted by atomic mass is 32.2. The Labute approximate surface area is 128 Å². The average Bonchev–Trinajstić information content (AvgIpc) is 2.46. The number of rotatable bonds is 8. The first kappa shape index (κ1) is 18.4. The van der Waals surface area contributed by atoms with Crippen LogP contribution in [-0.4, -0.2) is 51.1 Å². The van der Waals surface area contributed by atoms with Crippen LogP contribution in [0.15, 0.2) is 0 Å². The summed E-state index contributed by atoms with van der Waals surface area (Å²) in [6.07, 6.45) is 6.84. The standard InChI is InChI=1S/C14H29N3O3S/c1-3-17(21(2,19)20)11-7-10-16-13(18)14(12-15)8-5-4-6-9-14/h3-12,15H2,1-2H3,(H,16,18). The Morgan fingerprint density at radius 1 is 1.29 bits per heavy atom. The van der Waals surface area contributed by atoms with E-state index in [2.05, 4.69) is 5.32 Å². The summed E-state index contributed by atoms with van der Waals surface area (Å²) in [7, 11) is -3.15. The van der Waals surface area contributed by atoms with E-state index < -0.39 is 15.4 Å². The number of nitrogens with one attached hydrogen (secondary N) is 1. The van der Waals surface area contributed by atoms with Gasteiger partial charge in [-0.15, -0.1) is 0 Å². The van der Waals surface area contributed by atoms with Crippen molar-refractivity contribution in [3.05, 3.63) is 0 Å². The van der Waals surface area contributed by atoms with Gasteiger partial charge < -0.3 is 11.1 Å². The molecule has 0 unspecified atom stereocenters. The van der Waals surface area contributed by atoms with E-state index in [1.54, 1.807) is 0 Å². The number of carbonyl (C=O) groups is 1. The quantitative estimate of drug-likeness (QED) is 0.644. The van der Waals surface area contributed by atoms with Gasteiger partial charge in [-0.2, -0.15) is 0 Å². The molecule has 1 amide bonds. The van der Waals surface area contributed by atoms with Gasteiger partial charge in [0.05, 0.1) is 11.7 Å². The summed E-state index contributed by atoms with van der Waals surface area (Å²) in [6.45, 7) is 3.59. The molecule has 0 heterocycles. The van der Waals surface area contributed by atoms with Gasteiger partial charge in [0.15, 0.2) is 0 Å². The Bertz CT molecular complexity index is 431. The number of hydrogen-bond donors (Lipinski definition) is 2. The van der Waals surface area contributed by atoms with Crippen LogP contribution in [0, 0.1) is 5.41 Å². The molecule has 0 saturated heterocycles. The van der Waals surface area contributed by atoms with Crippen LogP contribution in [0.1, 0.15) is 45.4 Å². The third-order valence-corrected chi connectivity index (χ3v) is 5.75. The number of sulfonamides is 1. The molecule has 0 aromatic rings. The van der Waals surface area contributed by atoms with Gasteiger partial charge in [0, 0.05) is 26.2 Å². The van der Waals surface area contributed by atoms with Crippen LogP contribution in [0.3, 0.4) is 0 Å². The third kappa shape index (κ3) is 5.23. The van der Waals surface area contributed by atoms with Crippen molar-refractivity contribution in [2.75, 3.05) is 32.4 Å². The molecule has 1 saturated carbocycles. The summed E-state index contributed by atoms with van der Waals surface area (Å²) in [6, 6.07) is 0. The molecule has 0 aliphatic heterocycles. The normalized spacial score (nSPS) is 18.7. The smallest absolute Gasteiger partial charge is 0.227 e. The maximum absolute atomic E-state index is 12.3. The first-order valence-corrected chi connectivity index (χ1v) is 9.64. The molecule has 124 valence electrons. The summed E-state index contributed by atoms with van der Waals surface area (Å²) in [5.74, 6) is 0.0344. The van der Waals surface area contributed by atoms with Crippen LogP contribution >= 0.6 is 0 Å². The van der Waals surface area contributed by atoms with Crippen molar-refractivity contribution in [3.8, 4) is 0 Å². The summed E-state index contributed by atoms with van der Waals surface area (Å²) in [5, 5.41) is 2.93. The lowest BCUT2D eigenvalue weighted by Gasteiger charge is -2.34. The van der Waals surface area contributed by atoms with E-state index in [0.29, 0.717) is 32.6 Å². The second kappa shape index (κ2) is 8.10. The van der Waals surface area contributed by atoms with E-state index >= 15 is 0 Å². The molecule has 1 aliphatic carbocycles. The number of nitrogens with zero attached hydrogens (tertiary/aromatic N) is 1. The Morgan fingerprint density at radius 3 is 2.38 bits per heavy atom. The SMILES string of the molecule is CCN(CCCNC(=O)C1(CN)CCCCC1)S(C)(=O)=O. The van der Waals surface area contributed by atoms with Crippen molar-refractivity contribution in [2.24, 2.45) is 11.1 Å². The van der Waals surface area contributed by atoms with E-state index in [-0.39, 0.29) is 5.91 Å². The van der Waals surface area contributed by atoms with E-state index in [0.717, 1.165) is 25.7 Å². The highest BCUT2D eigenvalue weighted by Crippen LogP contribution is 2.35. The van der Waals surface area contributed by atoms with Crippen LogP contribution in [0.25, 0.3) is 0 Å². The molecule has 0 spiro atoms. The molecule has 21 heavy (non-hydrogen) atoms. The fraction of sp³-hybridized carbons (Fsp3) is 0.929. The predicted octanol–water partition coefficient (Wildman–Crippen LogP) is 0.683. The maximum atomic E-state index is 12.3. The Balaban J connectivity index is 2.39. The predicted molar refractivity (Wildman–Crippen MR) is 84.3 cm³/mol. The zero-order chi connectivity index (χ0) is 15.9. The lowest BCUT2D eigenvalue weighted by molar-refractivity contribution is -0.132. The molecule has 1 aliphatic rings. The van der Waals surface area contributed by atoms with Gasteiger partial charge in [0.2, 0.25) is 15.9 Å². The monoisotopic (exact) mass is 319 g/mol. The topological polar surface area (TPSA) is 92.5 Å². The fourth-order valence-corrected chi connectivity index (χ4v) is 3.89. The van der Waals surface area contributed by atoms with Gasteiger partial charge in [-0.1, -0.05) is 26.2 Å². The molecule has 1 rings (SSSR count). The number of hydrogen-bond acceptors (Lipinski definition) is 4. The van der Waals surface area contributed by atoms with Gasteiger partial charge in [-0.05, 0) is 19.3 Å². The van der Waals surface area contributed by atoms with Crippen molar-refractivity contribution in [3.63, 3.8) is 0 Å². The lowest BCUT2D eigenvalue weighted by Crippen LogP contribution is -2.47. The van der Waals surface area contributed by atoms with Crippen molar-refractivity contribution in [1.82, 2.24) is 9.62 Å².